The van der Waals surface area contributed by atoms with Crippen molar-refractivity contribution in [1.82, 2.24) is 4.72 Å². The molecule has 1 fully saturated rings. The van der Waals surface area contributed by atoms with Crippen molar-refractivity contribution >= 4 is 38.6 Å². The van der Waals surface area contributed by atoms with E-state index in [1.54, 1.807) is 12.1 Å². The Morgan fingerprint density at radius 2 is 1.91 bits per heavy atom. The van der Waals surface area contributed by atoms with E-state index in [9.17, 15) is 13.2 Å². The van der Waals surface area contributed by atoms with Crippen LogP contribution in [-0.4, -0.2) is 40.6 Å². The topological polar surface area (TPSA) is 87.7 Å². The van der Waals surface area contributed by atoms with Crippen LogP contribution in [0.15, 0.2) is 64.9 Å². The maximum atomic E-state index is 12.8. The molecule has 2 heterocycles. The Morgan fingerprint density at radius 1 is 1.09 bits per heavy atom. The second-order valence-corrected chi connectivity index (χ2v) is 10.3. The largest absolute Gasteiger partial charge is 0.378 e. The number of anilines is 2. The van der Waals surface area contributed by atoms with E-state index in [-0.39, 0.29) is 22.9 Å². The lowest BCUT2D eigenvalue weighted by atomic mass is 10.1. The van der Waals surface area contributed by atoms with Gasteiger partial charge >= 0.3 is 0 Å². The Bertz CT molecular complexity index is 1190. The highest BCUT2D eigenvalue weighted by molar-refractivity contribution is 7.89. The quantitative estimate of drug-likeness (QED) is 0.550. The van der Waals surface area contributed by atoms with Gasteiger partial charge in [0.05, 0.1) is 18.1 Å². The number of rotatable bonds is 7. The molecule has 9 heteroatoms. The Kier molecular flexibility index (Phi) is 6.90. The Labute approximate surface area is 192 Å². The summed E-state index contributed by atoms with van der Waals surface area (Å²) in [7, 11) is -3.73. The summed E-state index contributed by atoms with van der Waals surface area (Å²) < 4.78 is 33.3. The minimum atomic E-state index is -3.73. The third-order valence-corrected chi connectivity index (χ3v) is 7.53. The first-order valence-corrected chi connectivity index (χ1v) is 12.7. The summed E-state index contributed by atoms with van der Waals surface area (Å²) in [6.07, 6.45) is 0. The third-order valence-electron chi connectivity index (χ3n) is 5.26. The highest BCUT2D eigenvalue weighted by atomic mass is 32.2. The molecule has 0 spiro atoms. The first-order chi connectivity index (χ1) is 15.4. The molecule has 168 valence electrons. The first-order valence-electron chi connectivity index (χ1n) is 10.3. The number of carbonyl (C=O) groups is 1. The first kappa shape index (κ1) is 22.5. The second kappa shape index (κ2) is 9.83. The fourth-order valence-corrected chi connectivity index (χ4v) is 5.26. The standard InChI is InChI=1S/C23H25N3O4S2/c1-17-14-19(26-9-11-30-12-10-26)7-8-22(17)25-23(27)18-4-2-6-21(15-18)32(28,29)24-16-20-5-3-13-31-20/h2-8,13-15,24H,9-12,16H2,1H3,(H,25,27). The minimum Gasteiger partial charge on any atom is -0.378 e. The third kappa shape index (κ3) is 5.36. The molecule has 1 aliphatic rings. The van der Waals surface area contributed by atoms with E-state index in [4.69, 9.17) is 4.74 Å². The van der Waals surface area contributed by atoms with Crippen LogP contribution < -0.4 is 14.9 Å². The summed E-state index contributed by atoms with van der Waals surface area (Å²) in [6.45, 7) is 5.25. The van der Waals surface area contributed by atoms with E-state index < -0.39 is 10.0 Å². The molecule has 3 aromatic rings. The maximum Gasteiger partial charge on any atom is 0.255 e. The molecule has 7 nitrogen and oxygen atoms in total. The molecular formula is C23H25N3O4S2. The van der Waals surface area contributed by atoms with Crippen LogP contribution >= 0.6 is 11.3 Å². The van der Waals surface area contributed by atoms with Crippen molar-refractivity contribution in [3.05, 3.63) is 76.0 Å². The van der Waals surface area contributed by atoms with Crippen LogP contribution in [0.2, 0.25) is 0 Å². The number of carbonyl (C=O) groups excluding carboxylic acids is 1. The lowest BCUT2D eigenvalue weighted by Crippen LogP contribution is -2.36. The predicted molar refractivity (Wildman–Crippen MR) is 127 cm³/mol. The van der Waals surface area contributed by atoms with Crippen LogP contribution in [0, 0.1) is 6.92 Å². The van der Waals surface area contributed by atoms with Gasteiger partial charge in [-0.05, 0) is 60.3 Å². The highest BCUT2D eigenvalue weighted by Gasteiger charge is 2.17. The number of nitrogens with zero attached hydrogens (tertiary/aromatic N) is 1. The van der Waals surface area contributed by atoms with Gasteiger partial charge in [0.2, 0.25) is 10.0 Å². The van der Waals surface area contributed by atoms with Crippen molar-refractivity contribution in [2.24, 2.45) is 0 Å². The van der Waals surface area contributed by atoms with E-state index in [1.807, 2.05) is 42.6 Å². The average molecular weight is 472 g/mol. The zero-order chi connectivity index (χ0) is 22.6. The number of aryl methyl sites for hydroxylation is 1. The second-order valence-electron chi connectivity index (χ2n) is 7.48. The Hall–Kier alpha value is -2.72. The number of thiophene rings is 1. The molecule has 4 rings (SSSR count). The molecule has 0 atom stereocenters. The zero-order valence-corrected chi connectivity index (χ0v) is 19.3. The number of ether oxygens (including phenoxy) is 1. The van der Waals surface area contributed by atoms with Crippen LogP contribution in [0.1, 0.15) is 20.8 Å². The van der Waals surface area contributed by atoms with E-state index in [0.29, 0.717) is 18.9 Å². The molecule has 1 aliphatic heterocycles. The van der Waals surface area contributed by atoms with Crippen LogP contribution in [0.3, 0.4) is 0 Å². The van der Waals surface area contributed by atoms with Gasteiger partial charge in [0, 0.05) is 41.4 Å². The fourth-order valence-electron chi connectivity index (χ4n) is 3.47. The average Bonchev–Trinajstić information content (AvgIpc) is 3.34. The highest BCUT2D eigenvalue weighted by Crippen LogP contribution is 2.24. The minimum absolute atomic E-state index is 0.0566. The number of nitrogens with one attached hydrogen (secondary N) is 2. The molecule has 32 heavy (non-hydrogen) atoms. The van der Waals surface area contributed by atoms with Crippen LogP contribution in [0.4, 0.5) is 11.4 Å². The van der Waals surface area contributed by atoms with Gasteiger partial charge < -0.3 is 15.0 Å². The van der Waals surface area contributed by atoms with Gasteiger partial charge in [0.15, 0.2) is 0 Å². The van der Waals surface area contributed by atoms with Crippen molar-refractivity contribution < 1.29 is 17.9 Å². The van der Waals surface area contributed by atoms with Gasteiger partial charge in [0.25, 0.3) is 5.91 Å². The van der Waals surface area contributed by atoms with Gasteiger partial charge in [0.1, 0.15) is 0 Å². The Morgan fingerprint density at radius 3 is 2.62 bits per heavy atom. The van der Waals surface area contributed by atoms with Crippen molar-refractivity contribution in [2.45, 2.75) is 18.4 Å². The molecule has 1 saturated heterocycles. The molecule has 0 bridgehead atoms. The fraction of sp³-hybridized carbons (Fsp3) is 0.261. The van der Waals surface area contributed by atoms with Crippen LogP contribution in [-0.2, 0) is 21.3 Å². The van der Waals surface area contributed by atoms with Gasteiger partial charge in [-0.25, -0.2) is 13.1 Å². The monoisotopic (exact) mass is 471 g/mol. The summed E-state index contributed by atoms with van der Waals surface area (Å²) in [6, 6.07) is 15.7. The van der Waals surface area contributed by atoms with Gasteiger partial charge in [-0.1, -0.05) is 12.1 Å². The van der Waals surface area contributed by atoms with Crippen molar-refractivity contribution in [3.8, 4) is 0 Å². The number of hydrogen-bond donors (Lipinski definition) is 2. The molecule has 0 saturated carbocycles. The number of benzene rings is 2. The van der Waals surface area contributed by atoms with Crippen LogP contribution in [0.25, 0.3) is 0 Å². The van der Waals surface area contributed by atoms with E-state index in [1.165, 1.54) is 23.5 Å². The van der Waals surface area contributed by atoms with Gasteiger partial charge in [-0.3, -0.25) is 4.79 Å². The van der Waals surface area contributed by atoms with Crippen molar-refractivity contribution in [2.75, 3.05) is 36.5 Å². The molecule has 1 amide bonds. The molecule has 2 N–H and O–H groups in total. The lowest BCUT2D eigenvalue weighted by Gasteiger charge is -2.29. The smallest absolute Gasteiger partial charge is 0.255 e. The number of sulfonamides is 1. The summed E-state index contributed by atoms with van der Waals surface area (Å²) in [5, 5.41) is 4.79. The molecule has 0 unspecified atom stereocenters. The SMILES string of the molecule is Cc1cc(N2CCOCC2)ccc1NC(=O)c1cccc(S(=O)(=O)NCc2cccs2)c1. The Balaban J connectivity index is 1.45. The van der Waals surface area contributed by atoms with E-state index in [2.05, 4.69) is 14.9 Å². The van der Waals surface area contributed by atoms with E-state index >= 15 is 0 Å². The normalized spacial score (nSPS) is 14.3. The number of amides is 1. The molecule has 2 aromatic carbocycles. The predicted octanol–water partition coefficient (Wildman–Crippen LogP) is 3.62. The molecule has 0 aliphatic carbocycles. The zero-order valence-electron chi connectivity index (χ0n) is 17.7. The van der Waals surface area contributed by atoms with Crippen molar-refractivity contribution in [3.63, 3.8) is 0 Å². The van der Waals surface area contributed by atoms with Gasteiger partial charge in [-0.15, -0.1) is 11.3 Å². The summed E-state index contributed by atoms with van der Waals surface area (Å²) in [4.78, 5) is 16.0. The summed E-state index contributed by atoms with van der Waals surface area (Å²) in [5.74, 6) is -0.359. The maximum absolute atomic E-state index is 12.8. The van der Waals surface area contributed by atoms with Crippen molar-refractivity contribution in [1.29, 1.82) is 0 Å². The summed E-state index contributed by atoms with van der Waals surface area (Å²) in [5.41, 5.74) is 2.99. The lowest BCUT2D eigenvalue weighted by molar-refractivity contribution is 0.102. The summed E-state index contributed by atoms with van der Waals surface area (Å²) >= 11 is 1.48. The van der Waals surface area contributed by atoms with Crippen LogP contribution in [0.5, 0.6) is 0 Å². The molecule has 1 aromatic heterocycles. The number of morpholine rings is 1. The van der Waals surface area contributed by atoms with E-state index in [0.717, 1.165) is 29.2 Å². The number of hydrogen-bond acceptors (Lipinski definition) is 6. The molecule has 0 radical (unpaired) electrons. The van der Waals surface area contributed by atoms with Gasteiger partial charge in [-0.2, -0.15) is 0 Å². The molecular weight excluding hydrogens is 446 g/mol.